The Morgan fingerprint density at radius 2 is 2.35 bits per heavy atom. The first kappa shape index (κ1) is 15.5. The van der Waals surface area contributed by atoms with Gasteiger partial charge in [-0.2, -0.15) is 0 Å². The number of anilines is 1. The molecule has 0 saturated carbocycles. The number of hydrogen-bond acceptors (Lipinski definition) is 5. The number of benzene rings is 1. The summed E-state index contributed by atoms with van der Waals surface area (Å²) in [5.41, 5.74) is 1.04. The Labute approximate surface area is 131 Å². The van der Waals surface area contributed by atoms with Crippen LogP contribution in [0.15, 0.2) is 18.2 Å². The van der Waals surface area contributed by atoms with E-state index in [2.05, 4.69) is 10.2 Å². The van der Waals surface area contributed by atoms with E-state index in [1.54, 1.807) is 6.07 Å². The molecule has 1 fully saturated rings. The quantitative estimate of drug-likeness (QED) is 0.439. The van der Waals surface area contributed by atoms with E-state index in [0.29, 0.717) is 16.2 Å². The molecule has 1 aromatic rings. The zero-order chi connectivity index (χ0) is 14.5. The van der Waals surface area contributed by atoms with Gasteiger partial charge in [0.2, 0.25) is 0 Å². The SMILES string of the molecule is O=[N+]([O-])c1ccc(N(CCO)CC2CCCN2)cc1I. The molecule has 0 spiro atoms. The third kappa shape index (κ3) is 3.80. The Balaban J connectivity index is 2.15. The van der Waals surface area contributed by atoms with Gasteiger partial charge in [0.05, 0.1) is 15.1 Å². The fourth-order valence-corrected chi connectivity index (χ4v) is 3.16. The van der Waals surface area contributed by atoms with Gasteiger partial charge in [-0.05, 0) is 54.1 Å². The van der Waals surface area contributed by atoms with Crippen molar-refractivity contribution in [2.75, 3.05) is 31.1 Å². The summed E-state index contributed by atoms with van der Waals surface area (Å²) in [6.45, 7) is 2.45. The maximum atomic E-state index is 10.8. The average molecular weight is 391 g/mol. The van der Waals surface area contributed by atoms with Crippen molar-refractivity contribution in [2.45, 2.75) is 18.9 Å². The van der Waals surface area contributed by atoms with Crippen molar-refractivity contribution >= 4 is 34.0 Å². The third-order valence-corrected chi connectivity index (χ3v) is 4.33. The standard InChI is InChI=1S/C13H18IN3O3/c14-12-8-11(3-4-13(12)17(19)20)16(6-7-18)9-10-2-1-5-15-10/h3-4,8,10,15,18H,1-2,5-7,9H2. The summed E-state index contributed by atoms with van der Waals surface area (Å²) in [7, 11) is 0. The predicted octanol–water partition coefficient (Wildman–Crippen LogP) is 1.75. The van der Waals surface area contributed by atoms with Crippen LogP contribution in [0.5, 0.6) is 0 Å². The second-order valence-electron chi connectivity index (χ2n) is 4.86. The topological polar surface area (TPSA) is 78.6 Å². The molecule has 2 N–H and O–H groups in total. The molecule has 1 aliphatic rings. The summed E-state index contributed by atoms with van der Waals surface area (Å²) >= 11 is 1.98. The highest BCUT2D eigenvalue weighted by Crippen LogP contribution is 2.26. The highest BCUT2D eigenvalue weighted by atomic mass is 127. The van der Waals surface area contributed by atoms with Crippen molar-refractivity contribution in [2.24, 2.45) is 0 Å². The predicted molar refractivity (Wildman–Crippen MR) is 86.1 cm³/mol. The minimum absolute atomic E-state index is 0.0697. The van der Waals surface area contributed by atoms with Crippen molar-refractivity contribution in [3.8, 4) is 0 Å². The first-order chi connectivity index (χ1) is 9.61. The number of nitro benzene ring substituents is 1. The van der Waals surface area contributed by atoms with Gasteiger partial charge in [-0.1, -0.05) is 0 Å². The van der Waals surface area contributed by atoms with E-state index >= 15 is 0 Å². The molecule has 20 heavy (non-hydrogen) atoms. The number of hydrogen-bond donors (Lipinski definition) is 2. The number of nitrogens with zero attached hydrogens (tertiary/aromatic N) is 2. The molecule has 1 heterocycles. The van der Waals surface area contributed by atoms with Crippen molar-refractivity contribution < 1.29 is 10.0 Å². The van der Waals surface area contributed by atoms with Crippen LogP contribution >= 0.6 is 22.6 Å². The molecule has 1 saturated heterocycles. The van der Waals surface area contributed by atoms with Gasteiger partial charge in [-0.3, -0.25) is 10.1 Å². The van der Waals surface area contributed by atoms with Gasteiger partial charge in [0.25, 0.3) is 5.69 Å². The van der Waals surface area contributed by atoms with Gasteiger partial charge in [0, 0.05) is 30.9 Å². The lowest BCUT2D eigenvalue weighted by molar-refractivity contribution is -0.385. The fraction of sp³-hybridized carbons (Fsp3) is 0.538. The molecule has 6 nitrogen and oxygen atoms in total. The maximum Gasteiger partial charge on any atom is 0.282 e. The summed E-state index contributed by atoms with van der Waals surface area (Å²) in [6.07, 6.45) is 2.31. The van der Waals surface area contributed by atoms with Gasteiger partial charge < -0.3 is 15.3 Å². The molecule has 110 valence electrons. The van der Waals surface area contributed by atoms with Crippen molar-refractivity contribution in [1.82, 2.24) is 5.32 Å². The minimum Gasteiger partial charge on any atom is -0.395 e. The number of halogens is 1. The van der Waals surface area contributed by atoms with Crippen LogP contribution in [-0.2, 0) is 0 Å². The summed E-state index contributed by atoms with van der Waals surface area (Å²) in [5, 5.41) is 23.5. The molecule has 0 aliphatic carbocycles. The monoisotopic (exact) mass is 391 g/mol. The van der Waals surface area contributed by atoms with E-state index in [-0.39, 0.29) is 17.2 Å². The minimum atomic E-state index is -0.375. The van der Waals surface area contributed by atoms with E-state index in [9.17, 15) is 15.2 Å². The molecule has 0 radical (unpaired) electrons. The van der Waals surface area contributed by atoms with Crippen LogP contribution in [0.4, 0.5) is 11.4 Å². The van der Waals surface area contributed by atoms with E-state index in [0.717, 1.165) is 25.2 Å². The van der Waals surface area contributed by atoms with E-state index < -0.39 is 0 Å². The molecule has 2 rings (SSSR count). The van der Waals surface area contributed by atoms with Crippen LogP contribution < -0.4 is 10.2 Å². The van der Waals surface area contributed by atoms with Gasteiger partial charge in [0.15, 0.2) is 0 Å². The highest BCUT2D eigenvalue weighted by molar-refractivity contribution is 14.1. The molecular weight excluding hydrogens is 373 g/mol. The van der Waals surface area contributed by atoms with Crippen molar-refractivity contribution in [1.29, 1.82) is 0 Å². The largest absolute Gasteiger partial charge is 0.395 e. The van der Waals surface area contributed by atoms with Crippen molar-refractivity contribution in [3.63, 3.8) is 0 Å². The summed E-state index contributed by atoms with van der Waals surface area (Å²) < 4.78 is 0.618. The zero-order valence-electron chi connectivity index (χ0n) is 11.1. The van der Waals surface area contributed by atoms with Crippen LogP contribution in [0.1, 0.15) is 12.8 Å². The molecule has 1 aromatic carbocycles. The van der Waals surface area contributed by atoms with Gasteiger partial charge >= 0.3 is 0 Å². The molecule has 7 heteroatoms. The third-order valence-electron chi connectivity index (χ3n) is 3.47. The first-order valence-corrected chi connectivity index (χ1v) is 7.73. The first-order valence-electron chi connectivity index (χ1n) is 6.65. The summed E-state index contributed by atoms with van der Waals surface area (Å²) in [5.74, 6) is 0. The highest BCUT2D eigenvalue weighted by Gasteiger charge is 2.20. The van der Waals surface area contributed by atoms with Gasteiger partial charge in [-0.25, -0.2) is 0 Å². The lowest BCUT2D eigenvalue weighted by Gasteiger charge is -2.27. The van der Waals surface area contributed by atoms with Crippen LogP contribution in [0.25, 0.3) is 0 Å². The molecule has 0 aromatic heterocycles. The van der Waals surface area contributed by atoms with Crippen LogP contribution in [0.3, 0.4) is 0 Å². The lowest BCUT2D eigenvalue weighted by atomic mass is 10.2. The zero-order valence-corrected chi connectivity index (χ0v) is 13.2. The second-order valence-corrected chi connectivity index (χ2v) is 6.02. The lowest BCUT2D eigenvalue weighted by Crippen LogP contribution is -2.39. The molecule has 1 atom stereocenters. The van der Waals surface area contributed by atoms with Crippen LogP contribution in [0.2, 0.25) is 0 Å². The number of aliphatic hydroxyl groups is 1. The van der Waals surface area contributed by atoms with Gasteiger partial charge in [0.1, 0.15) is 0 Å². The average Bonchev–Trinajstić information content (AvgIpc) is 2.90. The Morgan fingerprint density at radius 3 is 2.90 bits per heavy atom. The molecule has 0 amide bonds. The molecule has 0 bridgehead atoms. The molecular formula is C13H18IN3O3. The Bertz CT molecular complexity index is 478. The normalized spacial score (nSPS) is 18.2. The van der Waals surface area contributed by atoms with Crippen molar-refractivity contribution in [3.05, 3.63) is 31.9 Å². The Kier molecular flexibility index (Phi) is 5.55. The van der Waals surface area contributed by atoms with Gasteiger partial charge in [-0.15, -0.1) is 0 Å². The summed E-state index contributed by atoms with van der Waals surface area (Å²) in [4.78, 5) is 12.5. The number of nitro groups is 1. The van der Waals surface area contributed by atoms with Crippen LogP contribution in [0, 0.1) is 13.7 Å². The summed E-state index contributed by atoms with van der Waals surface area (Å²) in [6, 6.07) is 5.52. The number of rotatable bonds is 6. The van der Waals surface area contributed by atoms with E-state index in [4.69, 9.17) is 0 Å². The Morgan fingerprint density at radius 1 is 1.55 bits per heavy atom. The maximum absolute atomic E-state index is 10.8. The van der Waals surface area contributed by atoms with E-state index in [1.165, 1.54) is 12.5 Å². The number of aliphatic hydroxyl groups excluding tert-OH is 1. The van der Waals surface area contributed by atoms with E-state index in [1.807, 2.05) is 28.7 Å². The smallest absolute Gasteiger partial charge is 0.282 e. The Hall–Kier alpha value is -0.930. The fourth-order valence-electron chi connectivity index (χ4n) is 2.47. The second kappa shape index (κ2) is 7.19. The van der Waals surface area contributed by atoms with Crippen LogP contribution in [-0.4, -0.2) is 42.3 Å². The molecule has 1 unspecified atom stereocenters. The molecule has 1 aliphatic heterocycles. The number of nitrogens with one attached hydrogen (secondary N) is 1.